The van der Waals surface area contributed by atoms with E-state index in [2.05, 4.69) is 48.7 Å². The van der Waals surface area contributed by atoms with E-state index >= 15 is 0 Å². The van der Waals surface area contributed by atoms with Crippen LogP contribution in [0.2, 0.25) is 0 Å². The number of nitrogens with two attached hydrogens (primary N) is 1. The van der Waals surface area contributed by atoms with Gasteiger partial charge in [-0.3, -0.25) is 11.3 Å². The van der Waals surface area contributed by atoms with Gasteiger partial charge >= 0.3 is 0 Å². The van der Waals surface area contributed by atoms with Crippen molar-refractivity contribution in [2.75, 3.05) is 20.6 Å². The van der Waals surface area contributed by atoms with Crippen LogP contribution in [0.25, 0.3) is 0 Å². The van der Waals surface area contributed by atoms with Crippen LogP contribution in [-0.2, 0) is 6.42 Å². The molecule has 2 atom stereocenters. The van der Waals surface area contributed by atoms with Gasteiger partial charge in [0, 0.05) is 6.04 Å². The number of benzene rings is 1. The van der Waals surface area contributed by atoms with Crippen molar-refractivity contribution in [3.05, 3.63) is 35.4 Å². The lowest BCUT2D eigenvalue weighted by Gasteiger charge is -2.33. The Morgan fingerprint density at radius 2 is 2.18 bits per heavy atom. The van der Waals surface area contributed by atoms with Crippen molar-refractivity contribution in [1.82, 2.24) is 10.3 Å². The van der Waals surface area contributed by atoms with E-state index in [0.29, 0.717) is 12.0 Å². The van der Waals surface area contributed by atoms with Gasteiger partial charge in [-0.15, -0.1) is 0 Å². The largest absolute Gasteiger partial charge is 0.309 e. The fraction of sp³-hybridized carbons (Fsp3) is 0.571. The van der Waals surface area contributed by atoms with Gasteiger partial charge in [-0.2, -0.15) is 0 Å². The summed E-state index contributed by atoms with van der Waals surface area (Å²) in [6.07, 6.45) is 3.49. The second-order valence-corrected chi connectivity index (χ2v) is 5.29. The molecular weight excluding hydrogens is 210 g/mol. The van der Waals surface area contributed by atoms with E-state index in [-0.39, 0.29) is 0 Å². The van der Waals surface area contributed by atoms with E-state index in [0.717, 1.165) is 19.4 Å². The third-order valence-corrected chi connectivity index (χ3v) is 3.69. The summed E-state index contributed by atoms with van der Waals surface area (Å²) in [5.74, 6) is 6.34. The zero-order chi connectivity index (χ0) is 12.3. The quantitative estimate of drug-likeness (QED) is 0.578. The standard InChI is InChI=1S/C14H23N3/c1-17(2)8-7-13(16-15)10-12-9-11-5-3-4-6-14(11)12/h3-6,12-13,16H,7-10,15H2,1-2H3. The number of hydrogen-bond donors (Lipinski definition) is 2. The maximum absolute atomic E-state index is 5.64. The monoisotopic (exact) mass is 233 g/mol. The molecule has 0 amide bonds. The third kappa shape index (κ3) is 3.06. The molecule has 2 unspecified atom stereocenters. The zero-order valence-corrected chi connectivity index (χ0v) is 10.8. The molecule has 3 N–H and O–H groups in total. The first-order valence-corrected chi connectivity index (χ1v) is 6.39. The minimum absolute atomic E-state index is 0.427. The van der Waals surface area contributed by atoms with Gasteiger partial charge in [-0.1, -0.05) is 24.3 Å². The Hall–Kier alpha value is -0.900. The van der Waals surface area contributed by atoms with Crippen LogP contribution < -0.4 is 11.3 Å². The smallest absolute Gasteiger partial charge is 0.0228 e. The molecule has 2 rings (SSSR count). The average Bonchev–Trinajstić information content (AvgIpc) is 2.29. The summed E-state index contributed by atoms with van der Waals surface area (Å²) in [4.78, 5) is 2.21. The van der Waals surface area contributed by atoms with E-state index in [1.54, 1.807) is 0 Å². The van der Waals surface area contributed by atoms with Gasteiger partial charge in [0.15, 0.2) is 0 Å². The highest BCUT2D eigenvalue weighted by atomic mass is 15.2. The van der Waals surface area contributed by atoms with Gasteiger partial charge in [0.05, 0.1) is 0 Å². The molecule has 0 bridgehead atoms. The van der Waals surface area contributed by atoms with Crippen molar-refractivity contribution in [2.45, 2.75) is 31.2 Å². The lowest BCUT2D eigenvalue weighted by atomic mass is 9.74. The highest BCUT2D eigenvalue weighted by Gasteiger charge is 2.27. The summed E-state index contributed by atoms with van der Waals surface area (Å²) in [5.41, 5.74) is 6.00. The topological polar surface area (TPSA) is 41.3 Å². The first-order chi connectivity index (χ1) is 8.20. The molecule has 0 fully saturated rings. The van der Waals surface area contributed by atoms with Crippen molar-refractivity contribution in [3.63, 3.8) is 0 Å². The second kappa shape index (κ2) is 5.63. The summed E-state index contributed by atoms with van der Waals surface area (Å²) in [5, 5.41) is 0. The van der Waals surface area contributed by atoms with Crippen molar-refractivity contribution >= 4 is 0 Å². The second-order valence-electron chi connectivity index (χ2n) is 5.29. The van der Waals surface area contributed by atoms with E-state index in [4.69, 9.17) is 5.84 Å². The minimum Gasteiger partial charge on any atom is -0.309 e. The number of hydrazine groups is 1. The molecule has 0 saturated heterocycles. The van der Waals surface area contributed by atoms with Crippen LogP contribution in [0.3, 0.4) is 0 Å². The Labute approximate surface area is 104 Å². The SMILES string of the molecule is CN(C)CCC(CC1Cc2ccccc21)NN. The predicted octanol–water partition coefficient (Wildman–Crippen LogP) is 1.50. The molecule has 0 aromatic heterocycles. The van der Waals surface area contributed by atoms with Crippen LogP contribution in [0.4, 0.5) is 0 Å². The highest BCUT2D eigenvalue weighted by Crippen LogP contribution is 2.38. The lowest BCUT2D eigenvalue weighted by molar-refractivity contribution is 0.334. The van der Waals surface area contributed by atoms with Crippen LogP contribution in [0.15, 0.2) is 24.3 Å². The molecule has 0 aliphatic heterocycles. The molecule has 0 heterocycles. The molecule has 1 aliphatic rings. The van der Waals surface area contributed by atoms with Gasteiger partial charge in [0.2, 0.25) is 0 Å². The Bertz CT molecular complexity index is 362. The van der Waals surface area contributed by atoms with Gasteiger partial charge in [0.1, 0.15) is 0 Å². The van der Waals surface area contributed by atoms with Crippen molar-refractivity contribution in [1.29, 1.82) is 0 Å². The Morgan fingerprint density at radius 1 is 1.41 bits per heavy atom. The number of nitrogens with one attached hydrogen (secondary N) is 1. The maximum atomic E-state index is 5.64. The van der Waals surface area contributed by atoms with Crippen LogP contribution >= 0.6 is 0 Å². The molecule has 0 spiro atoms. The van der Waals surface area contributed by atoms with E-state index in [9.17, 15) is 0 Å². The molecule has 0 radical (unpaired) electrons. The van der Waals surface area contributed by atoms with Crippen LogP contribution in [0.5, 0.6) is 0 Å². The third-order valence-electron chi connectivity index (χ3n) is 3.69. The summed E-state index contributed by atoms with van der Waals surface area (Å²) in [7, 11) is 4.21. The van der Waals surface area contributed by atoms with Crippen LogP contribution in [0, 0.1) is 0 Å². The zero-order valence-electron chi connectivity index (χ0n) is 10.8. The molecular formula is C14H23N3. The summed E-state index contributed by atoms with van der Waals surface area (Å²) < 4.78 is 0. The summed E-state index contributed by atoms with van der Waals surface area (Å²) in [6, 6.07) is 9.17. The number of fused-ring (bicyclic) bond motifs is 1. The molecule has 94 valence electrons. The number of hydrogen-bond acceptors (Lipinski definition) is 3. The van der Waals surface area contributed by atoms with Crippen molar-refractivity contribution < 1.29 is 0 Å². The highest BCUT2D eigenvalue weighted by molar-refractivity contribution is 5.39. The van der Waals surface area contributed by atoms with Crippen molar-refractivity contribution in [2.24, 2.45) is 5.84 Å². The normalized spacial score (nSPS) is 19.9. The van der Waals surface area contributed by atoms with Gasteiger partial charge in [-0.05, 0) is 56.9 Å². The molecule has 1 aliphatic carbocycles. The van der Waals surface area contributed by atoms with Gasteiger partial charge in [0.25, 0.3) is 0 Å². The molecule has 1 aromatic rings. The minimum atomic E-state index is 0.427. The van der Waals surface area contributed by atoms with Gasteiger partial charge in [-0.25, -0.2) is 0 Å². The molecule has 3 heteroatoms. The summed E-state index contributed by atoms with van der Waals surface area (Å²) >= 11 is 0. The van der Waals surface area contributed by atoms with Crippen LogP contribution in [-0.4, -0.2) is 31.6 Å². The maximum Gasteiger partial charge on any atom is 0.0228 e. The van der Waals surface area contributed by atoms with E-state index in [1.807, 2.05) is 0 Å². The summed E-state index contributed by atoms with van der Waals surface area (Å²) in [6.45, 7) is 1.09. The Morgan fingerprint density at radius 3 is 2.82 bits per heavy atom. The first-order valence-electron chi connectivity index (χ1n) is 6.39. The molecule has 0 saturated carbocycles. The molecule has 1 aromatic carbocycles. The molecule has 3 nitrogen and oxygen atoms in total. The molecule has 17 heavy (non-hydrogen) atoms. The van der Waals surface area contributed by atoms with Gasteiger partial charge < -0.3 is 4.90 Å². The fourth-order valence-corrected chi connectivity index (χ4v) is 2.60. The van der Waals surface area contributed by atoms with E-state index in [1.165, 1.54) is 17.5 Å². The average molecular weight is 233 g/mol. The lowest BCUT2D eigenvalue weighted by Crippen LogP contribution is -2.39. The number of rotatable bonds is 6. The number of nitrogens with zero attached hydrogens (tertiary/aromatic N) is 1. The predicted molar refractivity (Wildman–Crippen MR) is 71.8 cm³/mol. The first kappa shape index (κ1) is 12.6. The van der Waals surface area contributed by atoms with Crippen molar-refractivity contribution in [3.8, 4) is 0 Å². The van der Waals surface area contributed by atoms with Crippen LogP contribution in [0.1, 0.15) is 29.9 Å². The van der Waals surface area contributed by atoms with E-state index < -0.39 is 0 Å². The Kier molecular flexibility index (Phi) is 4.15. The Balaban J connectivity index is 1.85. The fourth-order valence-electron chi connectivity index (χ4n) is 2.60.